The fourth-order valence-corrected chi connectivity index (χ4v) is 1.78. The molecule has 6 heteroatoms. The molecule has 0 bridgehead atoms. The highest BCUT2D eigenvalue weighted by Gasteiger charge is 2.15. The van der Waals surface area contributed by atoms with Crippen LogP contribution in [0.25, 0.3) is 0 Å². The van der Waals surface area contributed by atoms with Crippen LogP contribution in [0, 0.1) is 11.3 Å². The summed E-state index contributed by atoms with van der Waals surface area (Å²) in [6.45, 7) is 1.32. The maximum absolute atomic E-state index is 12.2. The molecule has 1 aromatic heterocycles. The van der Waals surface area contributed by atoms with Crippen molar-refractivity contribution in [3.05, 3.63) is 28.5 Å². The van der Waals surface area contributed by atoms with Gasteiger partial charge in [-0.1, -0.05) is 0 Å². The van der Waals surface area contributed by atoms with Crippen LogP contribution in [-0.2, 0) is 4.74 Å². The van der Waals surface area contributed by atoms with Gasteiger partial charge in [0, 0.05) is 32.0 Å². The van der Waals surface area contributed by atoms with Crippen LogP contribution >= 0.6 is 15.9 Å². The Morgan fingerprint density at radius 1 is 1.61 bits per heavy atom. The van der Waals surface area contributed by atoms with Crippen molar-refractivity contribution in [2.75, 3.05) is 26.8 Å². The van der Waals surface area contributed by atoms with E-state index in [4.69, 9.17) is 10.00 Å². The zero-order chi connectivity index (χ0) is 13.4. The lowest BCUT2D eigenvalue weighted by molar-refractivity contribution is 0.0699. The molecule has 0 N–H and O–H groups in total. The van der Waals surface area contributed by atoms with Crippen molar-refractivity contribution in [2.45, 2.75) is 6.42 Å². The number of aromatic nitrogens is 1. The molecule has 0 unspecified atom stereocenters. The zero-order valence-electron chi connectivity index (χ0n) is 10.1. The summed E-state index contributed by atoms with van der Waals surface area (Å²) in [4.78, 5) is 17.8. The maximum Gasteiger partial charge on any atom is 0.254 e. The summed E-state index contributed by atoms with van der Waals surface area (Å²) in [5, 5.41) is 8.60. The van der Waals surface area contributed by atoms with Crippen LogP contribution in [-0.4, -0.2) is 42.6 Å². The van der Waals surface area contributed by atoms with Gasteiger partial charge in [-0.2, -0.15) is 5.26 Å². The molecule has 0 aromatic carbocycles. The summed E-state index contributed by atoms with van der Waals surface area (Å²) in [7, 11) is 1.58. The molecule has 96 valence electrons. The first-order valence-corrected chi connectivity index (χ1v) is 6.25. The third-order valence-electron chi connectivity index (χ3n) is 2.32. The van der Waals surface area contributed by atoms with Crippen molar-refractivity contribution in [3.8, 4) is 6.07 Å². The molecular weight excluding hydrogens is 298 g/mol. The second-order valence-electron chi connectivity index (χ2n) is 3.56. The van der Waals surface area contributed by atoms with E-state index < -0.39 is 0 Å². The average molecular weight is 312 g/mol. The molecule has 0 aliphatic carbocycles. The van der Waals surface area contributed by atoms with Gasteiger partial charge in [0.15, 0.2) is 0 Å². The first-order chi connectivity index (χ1) is 8.69. The number of rotatable bonds is 6. The largest absolute Gasteiger partial charge is 0.383 e. The number of carbonyl (C=O) groups excluding carboxylic acids is 1. The van der Waals surface area contributed by atoms with Crippen molar-refractivity contribution < 1.29 is 9.53 Å². The summed E-state index contributed by atoms with van der Waals surface area (Å²) in [6.07, 6.45) is 1.87. The van der Waals surface area contributed by atoms with Gasteiger partial charge in [-0.3, -0.25) is 4.79 Å². The van der Waals surface area contributed by atoms with Crippen LogP contribution < -0.4 is 0 Å². The molecule has 18 heavy (non-hydrogen) atoms. The SMILES string of the molecule is COCCN(CCC#N)C(=O)c1ccnc(Br)c1. The van der Waals surface area contributed by atoms with Gasteiger partial charge in [-0.25, -0.2) is 4.98 Å². The minimum Gasteiger partial charge on any atom is -0.383 e. The van der Waals surface area contributed by atoms with Gasteiger partial charge in [-0.05, 0) is 28.1 Å². The smallest absolute Gasteiger partial charge is 0.254 e. The Balaban J connectivity index is 2.77. The molecule has 1 rings (SSSR count). The summed E-state index contributed by atoms with van der Waals surface area (Å²) < 4.78 is 5.58. The minimum atomic E-state index is -0.120. The van der Waals surface area contributed by atoms with Crippen LogP contribution in [0.3, 0.4) is 0 Å². The molecule has 0 spiro atoms. The number of halogens is 1. The number of carbonyl (C=O) groups is 1. The molecule has 5 nitrogen and oxygen atoms in total. The molecule has 1 aromatic rings. The average Bonchev–Trinajstić information content (AvgIpc) is 2.38. The Labute approximate surface area is 115 Å². The summed E-state index contributed by atoms with van der Waals surface area (Å²) >= 11 is 3.23. The van der Waals surface area contributed by atoms with Gasteiger partial charge in [0.05, 0.1) is 19.1 Å². The van der Waals surface area contributed by atoms with Gasteiger partial charge in [-0.15, -0.1) is 0 Å². The number of hydrogen-bond acceptors (Lipinski definition) is 4. The van der Waals surface area contributed by atoms with Gasteiger partial charge in [0.25, 0.3) is 5.91 Å². The molecule has 0 radical (unpaired) electrons. The van der Waals surface area contributed by atoms with Gasteiger partial charge in [0.2, 0.25) is 0 Å². The van der Waals surface area contributed by atoms with Crippen LogP contribution in [0.4, 0.5) is 0 Å². The fourth-order valence-electron chi connectivity index (χ4n) is 1.42. The first-order valence-electron chi connectivity index (χ1n) is 5.45. The summed E-state index contributed by atoms with van der Waals surface area (Å²) in [5.41, 5.74) is 0.547. The third-order valence-corrected chi connectivity index (χ3v) is 2.75. The highest BCUT2D eigenvalue weighted by Crippen LogP contribution is 2.11. The highest BCUT2D eigenvalue weighted by molar-refractivity contribution is 9.10. The predicted molar refractivity (Wildman–Crippen MR) is 69.9 cm³/mol. The molecular formula is C12H14BrN3O2. The number of hydrogen-bond donors (Lipinski definition) is 0. The van der Waals surface area contributed by atoms with E-state index in [0.29, 0.717) is 36.3 Å². The number of pyridine rings is 1. The molecule has 1 heterocycles. The number of methoxy groups -OCH3 is 1. The topological polar surface area (TPSA) is 66.2 Å². The number of nitriles is 1. The van der Waals surface area contributed by atoms with Gasteiger partial charge >= 0.3 is 0 Å². The Kier molecular flexibility index (Phi) is 6.33. The standard InChI is InChI=1S/C12H14BrN3O2/c1-18-8-7-16(6-2-4-14)12(17)10-3-5-15-11(13)9-10/h3,5,9H,2,6-8H2,1H3. The Morgan fingerprint density at radius 3 is 3.00 bits per heavy atom. The van der Waals surface area contributed by atoms with E-state index in [0.717, 1.165) is 0 Å². The van der Waals surface area contributed by atoms with Crippen molar-refractivity contribution >= 4 is 21.8 Å². The second kappa shape index (κ2) is 7.80. The lowest BCUT2D eigenvalue weighted by Crippen LogP contribution is -2.34. The predicted octanol–water partition coefficient (Wildman–Crippen LogP) is 1.85. The van der Waals surface area contributed by atoms with E-state index in [2.05, 4.69) is 20.9 Å². The monoisotopic (exact) mass is 311 g/mol. The number of amides is 1. The summed E-state index contributed by atoms with van der Waals surface area (Å²) in [6, 6.07) is 5.35. The molecule has 0 fully saturated rings. The zero-order valence-corrected chi connectivity index (χ0v) is 11.7. The quantitative estimate of drug-likeness (QED) is 0.752. The van der Waals surface area contributed by atoms with E-state index in [-0.39, 0.29) is 5.91 Å². The van der Waals surface area contributed by atoms with Crippen LogP contribution in [0.15, 0.2) is 22.9 Å². The van der Waals surface area contributed by atoms with E-state index in [1.165, 1.54) is 0 Å². The van der Waals surface area contributed by atoms with Crippen LogP contribution in [0.1, 0.15) is 16.8 Å². The van der Waals surface area contributed by atoms with Crippen molar-refractivity contribution in [2.24, 2.45) is 0 Å². The molecule has 0 aliphatic rings. The van der Waals surface area contributed by atoms with Gasteiger partial charge in [0.1, 0.15) is 4.60 Å². The Morgan fingerprint density at radius 2 is 2.39 bits per heavy atom. The molecule has 0 saturated carbocycles. The minimum absolute atomic E-state index is 0.120. The number of ether oxygens (including phenoxy) is 1. The fraction of sp³-hybridized carbons (Fsp3) is 0.417. The van der Waals surface area contributed by atoms with E-state index in [1.807, 2.05) is 6.07 Å². The van der Waals surface area contributed by atoms with E-state index in [1.54, 1.807) is 30.3 Å². The lowest BCUT2D eigenvalue weighted by Gasteiger charge is -2.21. The highest BCUT2D eigenvalue weighted by atomic mass is 79.9. The normalized spacial score (nSPS) is 9.83. The van der Waals surface area contributed by atoms with E-state index >= 15 is 0 Å². The first kappa shape index (κ1) is 14.6. The number of nitrogens with zero attached hydrogens (tertiary/aromatic N) is 3. The third kappa shape index (κ3) is 4.43. The van der Waals surface area contributed by atoms with Crippen molar-refractivity contribution in [1.82, 2.24) is 9.88 Å². The van der Waals surface area contributed by atoms with Crippen LogP contribution in [0.2, 0.25) is 0 Å². The molecule has 0 aliphatic heterocycles. The summed E-state index contributed by atoms with van der Waals surface area (Å²) in [5.74, 6) is -0.120. The molecule has 0 atom stereocenters. The maximum atomic E-state index is 12.2. The Hall–Kier alpha value is -1.45. The van der Waals surface area contributed by atoms with Gasteiger partial charge < -0.3 is 9.64 Å². The lowest BCUT2D eigenvalue weighted by atomic mass is 10.2. The molecule has 0 saturated heterocycles. The van der Waals surface area contributed by atoms with Crippen molar-refractivity contribution in [1.29, 1.82) is 5.26 Å². The van der Waals surface area contributed by atoms with Crippen molar-refractivity contribution in [3.63, 3.8) is 0 Å². The van der Waals surface area contributed by atoms with E-state index in [9.17, 15) is 4.79 Å². The Bertz CT molecular complexity index is 445. The second-order valence-corrected chi connectivity index (χ2v) is 4.37. The van der Waals surface area contributed by atoms with Crippen LogP contribution in [0.5, 0.6) is 0 Å². The molecule has 1 amide bonds.